The van der Waals surface area contributed by atoms with E-state index in [9.17, 15) is 4.39 Å². The summed E-state index contributed by atoms with van der Waals surface area (Å²) in [4.78, 5) is 6.85. The number of halogens is 1. The van der Waals surface area contributed by atoms with Crippen LogP contribution in [-0.4, -0.2) is 23.0 Å². The van der Waals surface area contributed by atoms with Gasteiger partial charge in [0.15, 0.2) is 0 Å². The molecule has 0 saturated heterocycles. The number of nitrogens with one attached hydrogen (secondary N) is 1. The standard InChI is InChI=1S/C16H20FN3S/c1-20(9-12-2-4-13(17)5-3-12)10-15-11-21-16(19-15)8-18-14-6-7-14/h2-5,11,14,18H,6-10H2,1H3. The van der Waals surface area contributed by atoms with Gasteiger partial charge in [-0.05, 0) is 37.6 Å². The zero-order chi connectivity index (χ0) is 14.7. The molecule has 0 amide bonds. The molecule has 1 heterocycles. The number of benzene rings is 1. The second-order valence-corrected chi connectivity index (χ2v) is 6.63. The van der Waals surface area contributed by atoms with Crippen molar-refractivity contribution in [1.82, 2.24) is 15.2 Å². The van der Waals surface area contributed by atoms with E-state index in [1.807, 2.05) is 12.1 Å². The zero-order valence-corrected chi connectivity index (χ0v) is 13.0. The van der Waals surface area contributed by atoms with E-state index in [2.05, 4.69) is 27.6 Å². The van der Waals surface area contributed by atoms with Gasteiger partial charge < -0.3 is 5.32 Å². The fraction of sp³-hybridized carbons (Fsp3) is 0.438. The highest BCUT2D eigenvalue weighted by Gasteiger charge is 2.20. The maximum absolute atomic E-state index is 12.9. The normalized spacial score (nSPS) is 14.8. The van der Waals surface area contributed by atoms with Crippen LogP contribution in [0.5, 0.6) is 0 Å². The van der Waals surface area contributed by atoms with E-state index in [1.165, 1.54) is 25.0 Å². The van der Waals surface area contributed by atoms with Crippen LogP contribution in [0.4, 0.5) is 4.39 Å². The third kappa shape index (κ3) is 4.59. The lowest BCUT2D eigenvalue weighted by Gasteiger charge is -2.15. The fourth-order valence-corrected chi connectivity index (χ4v) is 2.99. The Balaban J connectivity index is 1.49. The Bertz CT molecular complexity index is 577. The van der Waals surface area contributed by atoms with Gasteiger partial charge in [0.25, 0.3) is 0 Å². The predicted octanol–water partition coefficient (Wildman–Crippen LogP) is 3.17. The van der Waals surface area contributed by atoms with Crippen molar-refractivity contribution in [3.63, 3.8) is 0 Å². The molecule has 1 aliphatic carbocycles. The molecule has 1 aromatic heterocycles. The van der Waals surface area contributed by atoms with Gasteiger partial charge in [0.05, 0.1) is 5.69 Å². The zero-order valence-electron chi connectivity index (χ0n) is 12.2. The molecule has 0 spiro atoms. The smallest absolute Gasteiger partial charge is 0.123 e. The molecule has 2 aromatic rings. The Hall–Kier alpha value is -1.30. The molecular formula is C16H20FN3S. The maximum Gasteiger partial charge on any atom is 0.123 e. The van der Waals surface area contributed by atoms with Gasteiger partial charge in [-0.1, -0.05) is 12.1 Å². The minimum Gasteiger partial charge on any atom is -0.308 e. The minimum atomic E-state index is -0.186. The van der Waals surface area contributed by atoms with E-state index >= 15 is 0 Å². The second kappa shape index (κ2) is 6.64. The van der Waals surface area contributed by atoms with Crippen molar-refractivity contribution in [2.45, 2.75) is 38.5 Å². The van der Waals surface area contributed by atoms with Crippen LogP contribution >= 0.6 is 11.3 Å². The van der Waals surface area contributed by atoms with Crippen LogP contribution < -0.4 is 5.32 Å². The Labute approximate surface area is 128 Å². The number of rotatable bonds is 7. The molecule has 21 heavy (non-hydrogen) atoms. The first kappa shape index (κ1) is 14.6. The van der Waals surface area contributed by atoms with Gasteiger partial charge in [-0.2, -0.15) is 0 Å². The largest absolute Gasteiger partial charge is 0.308 e. The van der Waals surface area contributed by atoms with Crippen LogP contribution in [0.2, 0.25) is 0 Å². The van der Waals surface area contributed by atoms with Crippen molar-refractivity contribution in [2.75, 3.05) is 7.05 Å². The van der Waals surface area contributed by atoms with Crippen LogP contribution in [0.25, 0.3) is 0 Å². The quantitative estimate of drug-likeness (QED) is 0.851. The molecule has 1 N–H and O–H groups in total. The summed E-state index contributed by atoms with van der Waals surface area (Å²) in [5, 5.41) is 6.77. The summed E-state index contributed by atoms with van der Waals surface area (Å²) >= 11 is 1.72. The lowest BCUT2D eigenvalue weighted by atomic mass is 10.2. The van der Waals surface area contributed by atoms with Crippen LogP contribution in [0.1, 0.15) is 29.1 Å². The molecule has 0 radical (unpaired) electrons. The number of aromatic nitrogens is 1. The lowest BCUT2D eigenvalue weighted by Crippen LogP contribution is -2.18. The van der Waals surface area contributed by atoms with Crippen molar-refractivity contribution >= 4 is 11.3 Å². The summed E-state index contributed by atoms with van der Waals surface area (Å²) in [5.41, 5.74) is 2.22. The summed E-state index contributed by atoms with van der Waals surface area (Å²) < 4.78 is 12.9. The number of nitrogens with zero attached hydrogens (tertiary/aromatic N) is 2. The van der Waals surface area contributed by atoms with E-state index in [4.69, 9.17) is 0 Å². The summed E-state index contributed by atoms with van der Waals surface area (Å²) in [6.45, 7) is 2.50. The van der Waals surface area contributed by atoms with Crippen LogP contribution in [0.3, 0.4) is 0 Å². The molecule has 3 nitrogen and oxygen atoms in total. The highest BCUT2D eigenvalue weighted by atomic mass is 32.1. The average molecular weight is 305 g/mol. The van der Waals surface area contributed by atoms with Gasteiger partial charge in [0.1, 0.15) is 10.8 Å². The van der Waals surface area contributed by atoms with Gasteiger partial charge >= 0.3 is 0 Å². The Morgan fingerprint density at radius 3 is 2.76 bits per heavy atom. The summed E-state index contributed by atoms with van der Waals surface area (Å²) in [6, 6.07) is 7.40. The Morgan fingerprint density at radius 1 is 1.29 bits per heavy atom. The van der Waals surface area contributed by atoms with E-state index in [0.29, 0.717) is 0 Å². The molecule has 5 heteroatoms. The molecule has 1 aliphatic rings. The molecule has 0 aliphatic heterocycles. The van der Waals surface area contributed by atoms with Crippen LogP contribution in [0.15, 0.2) is 29.6 Å². The molecule has 1 aromatic carbocycles. The highest BCUT2D eigenvalue weighted by molar-refractivity contribution is 7.09. The first-order valence-electron chi connectivity index (χ1n) is 7.29. The molecule has 1 saturated carbocycles. The molecule has 1 fully saturated rings. The Morgan fingerprint density at radius 2 is 2.05 bits per heavy atom. The van der Waals surface area contributed by atoms with Crippen molar-refractivity contribution < 1.29 is 4.39 Å². The topological polar surface area (TPSA) is 28.2 Å². The molecule has 112 valence electrons. The number of hydrogen-bond acceptors (Lipinski definition) is 4. The van der Waals surface area contributed by atoms with E-state index in [-0.39, 0.29) is 5.82 Å². The first-order chi connectivity index (χ1) is 10.2. The highest BCUT2D eigenvalue weighted by Crippen LogP contribution is 2.20. The third-order valence-electron chi connectivity index (χ3n) is 3.52. The van der Waals surface area contributed by atoms with Gasteiger partial charge in [-0.15, -0.1) is 11.3 Å². The predicted molar refractivity (Wildman–Crippen MR) is 83.5 cm³/mol. The SMILES string of the molecule is CN(Cc1ccc(F)cc1)Cc1csc(CNC2CC2)n1. The molecule has 0 unspecified atom stereocenters. The van der Waals surface area contributed by atoms with Crippen molar-refractivity contribution in [2.24, 2.45) is 0 Å². The van der Waals surface area contributed by atoms with Crippen molar-refractivity contribution in [3.8, 4) is 0 Å². The molecule has 0 atom stereocenters. The summed E-state index contributed by atoms with van der Waals surface area (Å²) in [5.74, 6) is -0.186. The van der Waals surface area contributed by atoms with E-state index < -0.39 is 0 Å². The van der Waals surface area contributed by atoms with Crippen molar-refractivity contribution in [1.29, 1.82) is 0 Å². The summed E-state index contributed by atoms with van der Waals surface area (Å²) in [6.07, 6.45) is 2.61. The number of thiazole rings is 1. The van der Waals surface area contributed by atoms with Crippen LogP contribution in [-0.2, 0) is 19.6 Å². The van der Waals surface area contributed by atoms with Crippen molar-refractivity contribution in [3.05, 3.63) is 51.7 Å². The molecule has 3 rings (SSSR count). The monoisotopic (exact) mass is 305 g/mol. The maximum atomic E-state index is 12.9. The van der Waals surface area contributed by atoms with Crippen LogP contribution in [0, 0.1) is 5.82 Å². The van der Waals surface area contributed by atoms with Gasteiger partial charge in [-0.25, -0.2) is 9.37 Å². The van der Waals surface area contributed by atoms with Gasteiger partial charge in [0.2, 0.25) is 0 Å². The first-order valence-corrected chi connectivity index (χ1v) is 8.16. The third-order valence-corrected chi connectivity index (χ3v) is 4.41. The van der Waals surface area contributed by atoms with Gasteiger partial charge in [0, 0.05) is 31.1 Å². The molecular weight excluding hydrogens is 285 g/mol. The van der Waals surface area contributed by atoms with Gasteiger partial charge in [-0.3, -0.25) is 4.90 Å². The molecule has 0 bridgehead atoms. The Kier molecular flexibility index (Phi) is 4.63. The second-order valence-electron chi connectivity index (χ2n) is 5.69. The number of hydrogen-bond donors (Lipinski definition) is 1. The lowest BCUT2D eigenvalue weighted by molar-refractivity contribution is 0.315. The average Bonchev–Trinajstić information content (AvgIpc) is 3.19. The minimum absolute atomic E-state index is 0.186. The fourth-order valence-electron chi connectivity index (χ4n) is 2.26. The van der Waals surface area contributed by atoms with E-state index in [0.717, 1.165) is 41.9 Å². The summed E-state index contributed by atoms with van der Waals surface area (Å²) in [7, 11) is 2.06. The van der Waals surface area contributed by atoms with E-state index in [1.54, 1.807) is 11.3 Å².